The van der Waals surface area contributed by atoms with Gasteiger partial charge in [0.1, 0.15) is 19.0 Å². The highest BCUT2D eigenvalue weighted by atomic mass is 79.9. The molecule has 2 aromatic carbocycles. The van der Waals surface area contributed by atoms with Crippen molar-refractivity contribution in [2.45, 2.75) is 4.90 Å². The van der Waals surface area contributed by atoms with Gasteiger partial charge in [-0.25, -0.2) is 8.42 Å². The number of carbonyl (C=O) groups is 1. The van der Waals surface area contributed by atoms with Gasteiger partial charge in [-0.05, 0) is 52.3 Å². The molecule has 138 valence electrons. The number of fused-ring (bicyclic) bond motifs is 1. The van der Waals surface area contributed by atoms with Crippen LogP contribution in [0.1, 0.15) is 10.4 Å². The van der Waals surface area contributed by atoms with Gasteiger partial charge in [0, 0.05) is 5.56 Å². The minimum atomic E-state index is -3.95. The van der Waals surface area contributed by atoms with Crippen molar-refractivity contribution in [2.75, 3.05) is 20.3 Å². The molecule has 0 saturated carbocycles. The molecule has 0 saturated heterocycles. The molecule has 1 amide bonds. The fourth-order valence-corrected chi connectivity index (χ4v) is 3.80. The van der Waals surface area contributed by atoms with Crippen LogP contribution in [-0.4, -0.2) is 34.6 Å². The van der Waals surface area contributed by atoms with Crippen molar-refractivity contribution in [3.05, 3.63) is 46.4 Å². The van der Waals surface area contributed by atoms with Crippen molar-refractivity contribution in [1.82, 2.24) is 10.3 Å². The number of rotatable bonds is 5. The third kappa shape index (κ3) is 3.92. The van der Waals surface area contributed by atoms with E-state index in [2.05, 4.69) is 26.2 Å². The van der Waals surface area contributed by atoms with Gasteiger partial charge in [0.25, 0.3) is 15.9 Å². The Kier molecular flexibility index (Phi) is 5.35. The van der Waals surface area contributed by atoms with Crippen LogP contribution >= 0.6 is 15.9 Å². The quantitative estimate of drug-likeness (QED) is 0.684. The van der Waals surface area contributed by atoms with Crippen LogP contribution in [0.5, 0.6) is 17.2 Å². The molecule has 2 aromatic rings. The van der Waals surface area contributed by atoms with Crippen LogP contribution in [-0.2, 0) is 10.0 Å². The molecule has 0 aliphatic carbocycles. The predicted octanol–water partition coefficient (Wildman–Crippen LogP) is 1.85. The van der Waals surface area contributed by atoms with E-state index in [1.165, 1.54) is 37.4 Å². The lowest BCUT2D eigenvalue weighted by atomic mass is 10.2. The van der Waals surface area contributed by atoms with E-state index in [1.807, 2.05) is 0 Å². The molecule has 0 fully saturated rings. The number of benzene rings is 2. The molecular weight excluding hydrogens is 428 g/mol. The predicted molar refractivity (Wildman–Crippen MR) is 95.9 cm³/mol. The highest BCUT2D eigenvalue weighted by Crippen LogP contribution is 2.30. The van der Waals surface area contributed by atoms with Crippen molar-refractivity contribution in [3.63, 3.8) is 0 Å². The van der Waals surface area contributed by atoms with E-state index in [1.54, 1.807) is 6.07 Å². The van der Waals surface area contributed by atoms with Crippen molar-refractivity contribution in [2.24, 2.45) is 0 Å². The summed E-state index contributed by atoms with van der Waals surface area (Å²) in [4.78, 5) is 14.2. The van der Waals surface area contributed by atoms with Crippen LogP contribution < -0.4 is 24.5 Å². The average Bonchev–Trinajstić information content (AvgIpc) is 2.65. The standard InChI is InChI=1S/C16H15BrN2O6S/c1-23-13-5-3-11(9-12(13)17)26(21,22)19-18-16(20)10-2-4-14-15(8-10)25-7-6-24-14/h2-5,8-9,19H,6-7H2,1H3,(H,18,20). The number of hydrogen-bond acceptors (Lipinski definition) is 6. The van der Waals surface area contributed by atoms with Crippen LogP contribution in [0.4, 0.5) is 0 Å². The van der Waals surface area contributed by atoms with Crippen molar-refractivity contribution in [1.29, 1.82) is 0 Å². The molecule has 0 bridgehead atoms. The zero-order chi connectivity index (χ0) is 18.7. The van der Waals surface area contributed by atoms with Crippen LogP contribution in [0.25, 0.3) is 0 Å². The lowest BCUT2D eigenvalue weighted by Gasteiger charge is -2.18. The molecule has 0 aromatic heterocycles. The number of hydrogen-bond donors (Lipinski definition) is 2. The summed E-state index contributed by atoms with van der Waals surface area (Å²) in [5.74, 6) is 0.838. The molecule has 0 atom stereocenters. The van der Waals surface area contributed by atoms with Gasteiger partial charge in [-0.15, -0.1) is 4.83 Å². The van der Waals surface area contributed by atoms with Crippen LogP contribution in [0, 0.1) is 0 Å². The molecule has 2 N–H and O–H groups in total. The molecule has 0 unspecified atom stereocenters. The summed E-state index contributed by atoms with van der Waals surface area (Å²) in [6.45, 7) is 0.826. The Morgan fingerprint density at radius 1 is 1.12 bits per heavy atom. The number of ether oxygens (including phenoxy) is 3. The molecule has 0 radical (unpaired) electrons. The molecule has 0 spiro atoms. The molecule has 1 heterocycles. The number of sulfonamides is 1. The van der Waals surface area contributed by atoms with Crippen LogP contribution in [0.2, 0.25) is 0 Å². The topological polar surface area (TPSA) is 103 Å². The minimum Gasteiger partial charge on any atom is -0.496 e. The molecule has 1 aliphatic heterocycles. The summed E-state index contributed by atoms with van der Waals surface area (Å²) >= 11 is 3.22. The second kappa shape index (κ2) is 7.52. The fraction of sp³-hybridized carbons (Fsp3) is 0.188. The number of carbonyl (C=O) groups excluding carboxylic acids is 1. The smallest absolute Gasteiger partial charge is 0.266 e. The Labute approximate surface area is 158 Å². The first-order chi connectivity index (χ1) is 12.4. The summed E-state index contributed by atoms with van der Waals surface area (Å²) < 4.78 is 41.0. The first kappa shape index (κ1) is 18.5. The molecule has 10 heteroatoms. The van der Waals surface area contributed by atoms with Crippen molar-refractivity contribution in [3.8, 4) is 17.2 Å². The Morgan fingerprint density at radius 3 is 2.54 bits per heavy atom. The number of hydrazine groups is 1. The fourth-order valence-electron chi connectivity index (χ4n) is 2.24. The van der Waals surface area contributed by atoms with E-state index in [9.17, 15) is 13.2 Å². The second-order valence-corrected chi connectivity index (χ2v) is 7.75. The maximum Gasteiger partial charge on any atom is 0.266 e. The maximum absolute atomic E-state index is 12.3. The molecule has 8 nitrogen and oxygen atoms in total. The number of methoxy groups -OCH3 is 1. The van der Waals surface area contributed by atoms with Gasteiger partial charge in [-0.2, -0.15) is 0 Å². The lowest BCUT2D eigenvalue weighted by molar-refractivity contribution is 0.0944. The van der Waals surface area contributed by atoms with E-state index >= 15 is 0 Å². The molecule has 1 aliphatic rings. The van der Waals surface area contributed by atoms with E-state index < -0.39 is 15.9 Å². The summed E-state index contributed by atoms with van der Waals surface area (Å²) in [5, 5.41) is 0. The van der Waals surface area contributed by atoms with Gasteiger partial charge >= 0.3 is 0 Å². The maximum atomic E-state index is 12.3. The van der Waals surface area contributed by atoms with Crippen molar-refractivity contribution < 1.29 is 27.4 Å². The summed E-state index contributed by atoms with van der Waals surface area (Å²) in [5.41, 5.74) is 2.40. The highest BCUT2D eigenvalue weighted by Gasteiger charge is 2.19. The van der Waals surface area contributed by atoms with Gasteiger partial charge in [0.15, 0.2) is 11.5 Å². The average molecular weight is 443 g/mol. The SMILES string of the molecule is COc1ccc(S(=O)(=O)NNC(=O)c2ccc3c(c2)OCCO3)cc1Br. The molecule has 3 rings (SSSR count). The van der Waals surface area contributed by atoms with Crippen LogP contribution in [0.3, 0.4) is 0 Å². The Hall–Kier alpha value is -2.30. The molecule has 26 heavy (non-hydrogen) atoms. The Bertz CT molecular complexity index is 948. The van der Waals surface area contributed by atoms with Gasteiger partial charge in [-0.3, -0.25) is 10.2 Å². The highest BCUT2D eigenvalue weighted by molar-refractivity contribution is 9.10. The van der Waals surface area contributed by atoms with Gasteiger partial charge in [-0.1, -0.05) is 0 Å². The van der Waals surface area contributed by atoms with Crippen LogP contribution in [0.15, 0.2) is 45.8 Å². The van der Waals surface area contributed by atoms with E-state index in [-0.39, 0.29) is 10.5 Å². The third-order valence-electron chi connectivity index (χ3n) is 3.54. The number of nitrogens with one attached hydrogen (secondary N) is 2. The van der Waals surface area contributed by atoms with Gasteiger partial charge in [0.05, 0.1) is 16.5 Å². The van der Waals surface area contributed by atoms with E-state index in [0.29, 0.717) is 34.9 Å². The zero-order valence-electron chi connectivity index (χ0n) is 13.6. The van der Waals surface area contributed by atoms with E-state index in [0.717, 1.165) is 0 Å². The largest absolute Gasteiger partial charge is 0.496 e. The van der Waals surface area contributed by atoms with Gasteiger partial charge < -0.3 is 14.2 Å². The second-order valence-electron chi connectivity index (χ2n) is 5.21. The summed E-state index contributed by atoms with van der Waals surface area (Å²) in [7, 11) is -2.48. The monoisotopic (exact) mass is 442 g/mol. The first-order valence-electron chi connectivity index (χ1n) is 7.46. The number of amides is 1. The Balaban J connectivity index is 1.71. The summed E-state index contributed by atoms with van der Waals surface area (Å²) in [6, 6.07) is 8.84. The first-order valence-corrected chi connectivity index (χ1v) is 9.73. The Morgan fingerprint density at radius 2 is 1.85 bits per heavy atom. The lowest BCUT2D eigenvalue weighted by Crippen LogP contribution is -2.41. The number of halogens is 1. The third-order valence-corrected chi connectivity index (χ3v) is 5.40. The minimum absolute atomic E-state index is 0.0346. The normalized spacial score (nSPS) is 13.2. The molecular formula is C16H15BrN2O6S. The zero-order valence-corrected chi connectivity index (χ0v) is 16.0. The van der Waals surface area contributed by atoms with Gasteiger partial charge in [0.2, 0.25) is 0 Å². The summed E-state index contributed by atoms with van der Waals surface area (Å²) in [6.07, 6.45) is 0. The van der Waals surface area contributed by atoms with E-state index in [4.69, 9.17) is 14.2 Å². The van der Waals surface area contributed by atoms with Crippen molar-refractivity contribution >= 4 is 31.9 Å².